The topological polar surface area (TPSA) is 41.1 Å². The van der Waals surface area contributed by atoms with E-state index in [4.69, 9.17) is 0 Å². The zero-order valence-corrected chi connectivity index (χ0v) is 16.1. The van der Waals surface area contributed by atoms with Crippen molar-refractivity contribution in [3.63, 3.8) is 0 Å². The van der Waals surface area contributed by atoms with E-state index in [-0.39, 0.29) is 6.04 Å². The molecule has 1 heterocycles. The summed E-state index contributed by atoms with van der Waals surface area (Å²) in [7, 11) is 0. The molecule has 0 aliphatic rings. The summed E-state index contributed by atoms with van der Waals surface area (Å²) in [5.41, 5.74) is 1.69. The van der Waals surface area contributed by atoms with Gasteiger partial charge >= 0.3 is 0 Å². The third-order valence-electron chi connectivity index (χ3n) is 4.34. The average Bonchev–Trinajstić information content (AvgIpc) is 3.21. The number of amides is 1. The summed E-state index contributed by atoms with van der Waals surface area (Å²) in [5, 5.41) is 7.48. The van der Waals surface area contributed by atoms with E-state index in [1.165, 1.54) is 0 Å². The predicted octanol–water partition coefficient (Wildman–Crippen LogP) is 5.18. The van der Waals surface area contributed by atoms with Crippen LogP contribution in [0.15, 0.2) is 53.9 Å². The van der Waals surface area contributed by atoms with Gasteiger partial charge in [0, 0.05) is 4.88 Å². The first kappa shape index (κ1) is 20.1. The Bertz CT molecular complexity index is 959. The number of hydrogen-bond acceptors (Lipinski definition) is 3. The molecule has 0 saturated heterocycles. The van der Waals surface area contributed by atoms with E-state index >= 15 is 0 Å². The molecule has 2 aromatic carbocycles. The summed E-state index contributed by atoms with van der Waals surface area (Å²) in [6.07, 6.45) is 0. The van der Waals surface area contributed by atoms with Crippen LogP contribution in [0, 0.1) is 24.4 Å². The van der Waals surface area contributed by atoms with Crippen LogP contribution in [0.5, 0.6) is 0 Å². The molecule has 1 aromatic heterocycles. The number of thiophene rings is 1. The molecule has 0 aliphatic heterocycles. The van der Waals surface area contributed by atoms with Gasteiger partial charge in [-0.25, -0.2) is 13.2 Å². The Balaban J connectivity index is 1.78. The quantitative estimate of drug-likeness (QED) is 0.556. The van der Waals surface area contributed by atoms with Crippen LogP contribution in [0.25, 0.3) is 0 Å². The molecule has 0 radical (unpaired) electrons. The van der Waals surface area contributed by atoms with E-state index in [0.29, 0.717) is 0 Å². The molecule has 0 bridgehead atoms. The second kappa shape index (κ2) is 8.58. The molecular formula is C21H19F3N2OS. The normalized spacial score (nSPS) is 13.2. The number of carbonyl (C=O) groups is 1. The van der Waals surface area contributed by atoms with Gasteiger partial charge in [0.15, 0.2) is 17.5 Å². The van der Waals surface area contributed by atoms with Crippen LogP contribution in [-0.2, 0) is 4.79 Å². The van der Waals surface area contributed by atoms with Crippen molar-refractivity contribution in [1.29, 1.82) is 0 Å². The van der Waals surface area contributed by atoms with Crippen molar-refractivity contribution < 1.29 is 18.0 Å². The molecule has 0 spiro atoms. The first-order chi connectivity index (χ1) is 13.4. The van der Waals surface area contributed by atoms with Crippen molar-refractivity contribution in [2.24, 2.45) is 0 Å². The molecule has 3 nitrogen and oxygen atoms in total. The first-order valence-corrected chi connectivity index (χ1v) is 9.55. The van der Waals surface area contributed by atoms with Crippen LogP contribution in [0.3, 0.4) is 0 Å². The second-order valence-corrected chi connectivity index (χ2v) is 7.44. The number of hydrogen-bond donors (Lipinski definition) is 2. The van der Waals surface area contributed by atoms with Crippen LogP contribution in [0.2, 0.25) is 0 Å². The number of carbonyl (C=O) groups excluding carboxylic acids is 1. The molecule has 0 fully saturated rings. The molecule has 1 amide bonds. The molecule has 0 aliphatic carbocycles. The van der Waals surface area contributed by atoms with E-state index in [1.807, 2.05) is 48.7 Å². The van der Waals surface area contributed by atoms with Gasteiger partial charge in [-0.1, -0.05) is 35.9 Å². The fourth-order valence-electron chi connectivity index (χ4n) is 2.75. The van der Waals surface area contributed by atoms with Gasteiger partial charge in [0.25, 0.3) is 0 Å². The summed E-state index contributed by atoms with van der Waals surface area (Å²) < 4.78 is 40.3. The summed E-state index contributed by atoms with van der Waals surface area (Å²) in [5.74, 6) is -4.90. The summed E-state index contributed by atoms with van der Waals surface area (Å²) in [6.45, 7) is 3.62. The maximum Gasteiger partial charge on any atom is 0.241 e. The van der Waals surface area contributed by atoms with Crippen molar-refractivity contribution in [2.45, 2.75) is 25.9 Å². The minimum absolute atomic E-state index is 0.240. The number of rotatable bonds is 6. The van der Waals surface area contributed by atoms with E-state index in [9.17, 15) is 18.0 Å². The van der Waals surface area contributed by atoms with Gasteiger partial charge in [0.1, 0.15) is 0 Å². The van der Waals surface area contributed by atoms with Gasteiger partial charge in [0.2, 0.25) is 5.91 Å². The highest BCUT2D eigenvalue weighted by Crippen LogP contribution is 2.27. The van der Waals surface area contributed by atoms with E-state index in [1.54, 1.807) is 18.3 Å². The standard InChI is InChI=1S/C21H19F3N2OS/c1-12-5-7-14(8-6-12)20(17-4-3-11-28-17)25-13(2)21(27)26-16-10-9-15(22)18(23)19(16)24/h3-11,13,20,25H,1-2H3,(H,26,27)/t13-,20-/m1/s1. The Morgan fingerprint density at radius 3 is 2.36 bits per heavy atom. The lowest BCUT2D eigenvalue weighted by Gasteiger charge is -2.23. The van der Waals surface area contributed by atoms with Gasteiger partial charge in [-0.3, -0.25) is 10.1 Å². The molecule has 2 atom stereocenters. The Labute approximate surface area is 165 Å². The Kier molecular flexibility index (Phi) is 6.16. The molecule has 0 saturated carbocycles. The molecule has 146 valence electrons. The Morgan fingerprint density at radius 1 is 1.00 bits per heavy atom. The number of anilines is 1. The first-order valence-electron chi connectivity index (χ1n) is 8.67. The number of halogens is 3. The van der Waals surface area contributed by atoms with Crippen molar-refractivity contribution >= 4 is 22.9 Å². The van der Waals surface area contributed by atoms with E-state index in [2.05, 4.69) is 10.6 Å². The molecule has 3 rings (SSSR count). The van der Waals surface area contributed by atoms with Gasteiger partial charge < -0.3 is 5.32 Å². The minimum atomic E-state index is -1.62. The van der Waals surface area contributed by atoms with Crippen LogP contribution in [0.4, 0.5) is 18.9 Å². The van der Waals surface area contributed by atoms with E-state index < -0.39 is 35.1 Å². The number of benzene rings is 2. The lowest BCUT2D eigenvalue weighted by atomic mass is 10.0. The van der Waals surface area contributed by atoms with Crippen molar-refractivity contribution in [1.82, 2.24) is 5.32 Å². The van der Waals surface area contributed by atoms with Crippen molar-refractivity contribution in [3.05, 3.63) is 87.4 Å². The van der Waals surface area contributed by atoms with Crippen LogP contribution >= 0.6 is 11.3 Å². The SMILES string of the molecule is Cc1ccc([C@@H](N[C@H](C)C(=O)Nc2ccc(F)c(F)c2F)c2cccs2)cc1. The fraction of sp³-hybridized carbons (Fsp3) is 0.190. The highest BCUT2D eigenvalue weighted by molar-refractivity contribution is 7.10. The molecule has 2 N–H and O–H groups in total. The largest absolute Gasteiger partial charge is 0.322 e. The van der Waals surface area contributed by atoms with Crippen molar-refractivity contribution in [3.8, 4) is 0 Å². The minimum Gasteiger partial charge on any atom is -0.322 e. The zero-order chi connectivity index (χ0) is 20.3. The van der Waals surface area contributed by atoms with Gasteiger partial charge in [-0.2, -0.15) is 0 Å². The molecular weight excluding hydrogens is 385 g/mol. The smallest absolute Gasteiger partial charge is 0.241 e. The zero-order valence-electron chi connectivity index (χ0n) is 15.3. The molecule has 3 aromatic rings. The molecule has 28 heavy (non-hydrogen) atoms. The third-order valence-corrected chi connectivity index (χ3v) is 5.28. The lowest BCUT2D eigenvalue weighted by Crippen LogP contribution is -2.40. The van der Waals surface area contributed by atoms with Gasteiger partial charge in [-0.05, 0) is 43.0 Å². The van der Waals surface area contributed by atoms with Crippen LogP contribution in [0.1, 0.15) is 29.0 Å². The summed E-state index contributed by atoms with van der Waals surface area (Å²) >= 11 is 1.55. The molecule has 0 unspecified atom stereocenters. The maximum absolute atomic E-state index is 13.8. The van der Waals surface area contributed by atoms with Crippen LogP contribution < -0.4 is 10.6 Å². The summed E-state index contributed by atoms with van der Waals surface area (Å²) in [4.78, 5) is 13.5. The van der Waals surface area contributed by atoms with Crippen molar-refractivity contribution in [2.75, 3.05) is 5.32 Å². The van der Waals surface area contributed by atoms with Gasteiger partial charge in [0.05, 0.1) is 17.8 Å². The molecule has 7 heteroatoms. The summed E-state index contributed by atoms with van der Waals surface area (Å²) in [6, 6.07) is 12.6. The predicted molar refractivity (Wildman–Crippen MR) is 105 cm³/mol. The number of nitrogens with one attached hydrogen (secondary N) is 2. The fourth-order valence-corrected chi connectivity index (χ4v) is 3.56. The number of aryl methyl sites for hydroxylation is 1. The maximum atomic E-state index is 13.8. The van der Waals surface area contributed by atoms with Gasteiger partial charge in [-0.15, -0.1) is 11.3 Å². The Morgan fingerprint density at radius 2 is 1.71 bits per heavy atom. The second-order valence-electron chi connectivity index (χ2n) is 6.46. The average molecular weight is 404 g/mol. The Hall–Kier alpha value is -2.64. The highest BCUT2D eigenvalue weighted by atomic mass is 32.1. The third kappa shape index (κ3) is 4.43. The lowest BCUT2D eigenvalue weighted by molar-refractivity contribution is -0.117. The van der Waals surface area contributed by atoms with Crippen LogP contribution in [-0.4, -0.2) is 11.9 Å². The highest BCUT2D eigenvalue weighted by Gasteiger charge is 2.23. The van der Waals surface area contributed by atoms with E-state index in [0.717, 1.165) is 28.1 Å². The monoisotopic (exact) mass is 404 g/mol.